The van der Waals surface area contributed by atoms with E-state index in [0.29, 0.717) is 31.1 Å². The summed E-state index contributed by atoms with van der Waals surface area (Å²) in [5, 5.41) is 3.64. The van der Waals surface area contributed by atoms with Crippen LogP contribution in [0.15, 0.2) is 10.6 Å². The molecule has 2 aliphatic heterocycles. The highest BCUT2D eigenvalue weighted by atomic mass is 19.3. The van der Waals surface area contributed by atoms with Crippen LogP contribution in [-0.4, -0.2) is 58.9 Å². The van der Waals surface area contributed by atoms with Crippen molar-refractivity contribution in [1.82, 2.24) is 15.0 Å². The third kappa shape index (κ3) is 3.02. The molecular formula is C17H21F2N3O3. The van der Waals surface area contributed by atoms with Gasteiger partial charge in [0.05, 0.1) is 17.7 Å². The Labute approximate surface area is 144 Å². The lowest BCUT2D eigenvalue weighted by molar-refractivity contribution is -0.151. The molecule has 1 aromatic rings. The smallest absolute Gasteiger partial charge is 0.292 e. The number of aryl methyl sites for hydroxylation is 1. The number of hydrogen-bond acceptors (Lipinski definition) is 4. The molecule has 25 heavy (non-hydrogen) atoms. The first-order valence-electron chi connectivity index (χ1n) is 8.68. The molecule has 3 fully saturated rings. The van der Waals surface area contributed by atoms with E-state index in [1.807, 2.05) is 0 Å². The zero-order valence-electron chi connectivity index (χ0n) is 14.1. The predicted octanol–water partition coefficient (Wildman–Crippen LogP) is 2.09. The molecule has 3 aliphatic rings. The predicted molar refractivity (Wildman–Crippen MR) is 83.1 cm³/mol. The summed E-state index contributed by atoms with van der Waals surface area (Å²) in [5.74, 6) is -3.50. The standard InChI is InChI=1S/C17H21F2N3O3/c1-11-6-13(25-20-11)14(23)22-9-16(8-17(18,19)10-22)4-5-21(15(16)24)7-12-2-3-12/h6,12H,2-5,7-10H2,1H3/t16-/m1/s1. The largest absolute Gasteiger partial charge is 0.351 e. The Morgan fingerprint density at radius 3 is 2.80 bits per heavy atom. The Balaban J connectivity index is 1.56. The van der Waals surface area contributed by atoms with Crippen LogP contribution in [0.5, 0.6) is 0 Å². The van der Waals surface area contributed by atoms with Gasteiger partial charge in [-0.3, -0.25) is 9.59 Å². The summed E-state index contributed by atoms with van der Waals surface area (Å²) < 4.78 is 33.7. The van der Waals surface area contributed by atoms with Crippen molar-refractivity contribution in [2.24, 2.45) is 11.3 Å². The van der Waals surface area contributed by atoms with Gasteiger partial charge in [-0.2, -0.15) is 0 Å². The van der Waals surface area contributed by atoms with E-state index in [1.165, 1.54) is 6.07 Å². The number of carbonyl (C=O) groups is 2. The molecule has 1 aromatic heterocycles. The summed E-state index contributed by atoms with van der Waals surface area (Å²) >= 11 is 0. The van der Waals surface area contributed by atoms with E-state index in [4.69, 9.17) is 4.52 Å². The number of amides is 2. The molecule has 0 N–H and O–H groups in total. The fourth-order valence-electron chi connectivity index (χ4n) is 4.06. The van der Waals surface area contributed by atoms with E-state index in [-0.39, 0.29) is 18.2 Å². The summed E-state index contributed by atoms with van der Waals surface area (Å²) in [5.41, 5.74) is -0.671. The SMILES string of the molecule is Cc1cc(C(=O)N2CC(F)(F)C[C@]3(CCN(CC4CC4)C3=O)C2)on1. The maximum Gasteiger partial charge on any atom is 0.292 e. The normalized spacial score (nSPS) is 28.8. The van der Waals surface area contributed by atoms with Crippen LogP contribution in [0.4, 0.5) is 8.78 Å². The van der Waals surface area contributed by atoms with Crippen LogP contribution >= 0.6 is 0 Å². The van der Waals surface area contributed by atoms with Gasteiger partial charge in [0, 0.05) is 32.1 Å². The van der Waals surface area contributed by atoms with Crippen molar-refractivity contribution in [3.05, 3.63) is 17.5 Å². The lowest BCUT2D eigenvalue weighted by Gasteiger charge is -2.42. The first-order valence-corrected chi connectivity index (χ1v) is 8.68. The van der Waals surface area contributed by atoms with Crippen LogP contribution in [0.3, 0.4) is 0 Å². The number of aromatic nitrogens is 1. The second-order valence-corrected chi connectivity index (χ2v) is 7.75. The minimum absolute atomic E-state index is 0.0151. The summed E-state index contributed by atoms with van der Waals surface area (Å²) in [6.45, 7) is 2.13. The molecule has 1 atom stereocenters. The Hall–Kier alpha value is -1.99. The second kappa shape index (κ2) is 5.51. The third-order valence-electron chi connectivity index (χ3n) is 5.42. The minimum Gasteiger partial charge on any atom is -0.351 e. The number of piperidine rings is 1. The molecule has 0 aromatic carbocycles. The van der Waals surface area contributed by atoms with Gasteiger partial charge in [0.15, 0.2) is 0 Å². The number of rotatable bonds is 3. The monoisotopic (exact) mass is 353 g/mol. The van der Waals surface area contributed by atoms with Crippen LogP contribution < -0.4 is 0 Å². The maximum atomic E-state index is 14.4. The lowest BCUT2D eigenvalue weighted by atomic mass is 9.77. The Morgan fingerprint density at radius 2 is 2.16 bits per heavy atom. The second-order valence-electron chi connectivity index (χ2n) is 7.75. The van der Waals surface area contributed by atoms with Gasteiger partial charge < -0.3 is 14.3 Å². The molecule has 1 spiro atoms. The van der Waals surface area contributed by atoms with Crippen LogP contribution in [0, 0.1) is 18.3 Å². The number of nitrogens with zero attached hydrogens (tertiary/aromatic N) is 3. The van der Waals surface area contributed by atoms with Gasteiger partial charge in [-0.15, -0.1) is 0 Å². The van der Waals surface area contributed by atoms with E-state index in [1.54, 1.807) is 11.8 Å². The van der Waals surface area contributed by atoms with Crippen LogP contribution in [0.1, 0.15) is 41.9 Å². The van der Waals surface area contributed by atoms with E-state index in [0.717, 1.165) is 17.7 Å². The maximum absolute atomic E-state index is 14.4. The highest BCUT2D eigenvalue weighted by Crippen LogP contribution is 2.46. The third-order valence-corrected chi connectivity index (χ3v) is 5.42. The van der Waals surface area contributed by atoms with Crippen LogP contribution in [-0.2, 0) is 4.79 Å². The quantitative estimate of drug-likeness (QED) is 0.835. The number of carbonyl (C=O) groups excluding carboxylic acids is 2. The summed E-state index contributed by atoms with van der Waals surface area (Å²) in [4.78, 5) is 28.2. The van der Waals surface area contributed by atoms with Gasteiger partial charge in [0.2, 0.25) is 11.7 Å². The number of alkyl halides is 2. The van der Waals surface area contributed by atoms with Crippen molar-refractivity contribution in [3.63, 3.8) is 0 Å². The molecule has 1 saturated carbocycles. The van der Waals surface area contributed by atoms with Gasteiger partial charge >= 0.3 is 0 Å². The number of halogens is 2. The molecule has 0 radical (unpaired) electrons. The zero-order valence-corrected chi connectivity index (χ0v) is 14.1. The van der Waals surface area contributed by atoms with E-state index >= 15 is 0 Å². The first-order chi connectivity index (χ1) is 11.8. The molecule has 1 aliphatic carbocycles. The Kier molecular flexibility index (Phi) is 3.63. The lowest BCUT2D eigenvalue weighted by Crippen LogP contribution is -2.57. The van der Waals surface area contributed by atoms with Crippen molar-refractivity contribution in [2.45, 2.75) is 38.5 Å². The number of likely N-dealkylation sites (tertiary alicyclic amines) is 2. The minimum atomic E-state index is -3.09. The molecule has 0 unspecified atom stereocenters. The zero-order chi connectivity index (χ0) is 17.8. The molecule has 8 heteroatoms. The van der Waals surface area contributed by atoms with Crippen molar-refractivity contribution in [1.29, 1.82) is 0 Å². The fourth-order valence-corrected chi connectivity index (χ4v) is 4.06. The molecule has 4 rings (SSSR count). The topological polar surface area (TPSA) is 66.7 Å². The average molecular weight is 353 g/mol. The van der Waals surface area contributed by atoms with Crippen LogP contribution in [0.2, 0.25) is 0 Å². The van der Waals surface area contributed by atoms with Crippen molar-refractivity contribution in [3.8, 4) is 0 Å². The summed E-state index contributed by atoms with van der Waals surface area (Å²) in [7, 11) is 0. The average Bonchev–Trinajstić information content (AvgIpc) is 3.19. The van der Waals surface area contributed by atoms with Gasteiger partial charge in [-0.1, -0.05) is 5.16 Å². The molecule has 2 saturated heterocycles. The van der Waals surface area contributed by atoms with Gasteiger partial charge in [-0.05, 0) is 32.1 Å². The molecule has 0 bridgehead atoms. The molecule has 3 heterocycles. The first kappa shape index (κ1) is 16.5. The van der Waals surface area contributed by atoms with Crippen molar-refractivity contribution >= 4 is 11.8 Å². The molecular weight excluding hydrogens is 332 g/mol. The van der Waals surface area contributed by atoms with Crippen LogP contribution in [0.25, 0.3) is 0 Å². The number of hydrogen-bond donors (Lipinski definition) is 0. The molecule has 2 amide bonds. The highest BCUT2D eigenvalue weighted by molar-refractivity contribution is 5.93. The van der Waals surface area contributed by atoms with Gasteiger partial charge in [-0.25, -0.2) is 8.78 Å². The Morgan fingerprint density at radius 1 is 1.40 bits per heavy atom. The molecule has 6 nitrogen and oxygen atoms in total. The summed E-state index contributed by atoms with van der Waals surface area (Å²) in [6, 6.07) is 1.43. The van der Waals surface area contributed by atoms with Crippen molar-refractivity contribution in [2.75, 3.05) is 26.2 Å². The van der Waals surface area contributed by atoms with E-state index in [9.17, 15) is 18.4 Å². The van der Waals surface area contributed by atoms with Gasteiger partial charge in [0.1, 0.15) is 0 Å². The fraction of sp³-hybridized carbons (Fsp3) is 0.706. The van der Waals surface area contributed by atoms with Crippen molar-refractivity contribution < 1.29 is 22.9 Å². The van der Waals surface area contributed by atoms with Gasteiger partial charge in [0.25, 0.3) is 11.8 Å². The van der Waals surface area contributed by atoms with E-state index < -0.39 is 30.2 Å². The summed E-state index contributed by atoms with van der Waals surface area (Å²) in [6.07, 6.45) is 2.08. The Bertz CT molecular complexity index is 716. The highest BCUT2D eigenvalue weighted by Gasteiger charge is 2.58. The van der Waals surface area contributed by atoms with E-state index in [2.05, 4.69) is 5.16 Å². The molecule has 136 valence electrons.